The molecule has 0 saturated heterocycles. The Labute approximate surface area is 85.5 Å². The molecule has 3 N–H and O–H groups in total. The molecule has 0 aliphatic rings. The maximum absolute atomic E-state index is 11.7. The maximum atomic E-state index is 11.7. The van der Waals surface area contributed by atoms with Crippen LogP contribution in [0.4, 0.5) is 0 Å². The van der Waals surface area contributed by atoms with E-state index in [1.165, 1.54) is 0 Å². The number of amides is 1. The van der Waals surface area contributed by atoms with Crippen LogP contribution in [0.3, 0.4) is 0 Å². The van der Waals surface area contributed by atoms with Crippen molar-refractivity contribution in [2.24, 2.45) is 5.73 Å². The second-order valence-electron chi connectivity index (χ2n) is 3.60. The molecule has 0 spiro atoms. The molecule has 14 heavy (non-hydrogen) atoms. The molecule has 0 rings (SSSR count). The summed E-state index contributed by atoms with van der Waals surface area (Å²) in [6, 6.07) is 1.87. The maximum Gasteiger partial charge on any atom is 0.240 e. The highest BCUT2D eigenvalue weighted by Crippen LogP contribution is 2.11. The van der Waals surface area contributed by atoms with E-state index < -0.39 is 5.54 Å². The quantitative estimate of drug-likeness (QED) is 0.688. The number of nitrogens with zero attached hydrogens (tertiary/aromatic N) is 1. The van der Waals surface area contributed by atoms with E-state index in [9.17, 15) is 4.79 Å². The lowest BCUT2D eigenvalue weighted by Crippen LogP contribution is -2.54. The average molecular weight is 197 g/mol. The largest absolute Gasteiger partial charge is 0.351 e. The van der Waals surface area contributed by atoms with Crippen LogP contribution in [0.25, 0.3) is 0 Å². The Bertz CT molecular complexity index is 228. The Morgan fingerprint density at radius 2 is 2.07 bits per heavy atom. The Morgan fingerprint density at radius 1 is 1.57 bits per heavy atom. The first-order valence-electron chi connectivity index (χ1n) is 4.97. The van der Waals surface area contributed by atoms with Gasteiger partial charge < -0.3 is 11.1 Å². The van der Waals surface area contributed by atoms with Crippen molar-refractivity contribution in [3.8, 4) is 6.07 Å². The zero-order valence-electron chi connectivity index (χ0n) is 9.13. The van der Waals surface area contributed by atoms with Gasteiger partial charge in [0.25, 0.3) is 0 Å². The number of nitrogens with one attached hydrogen (secondary N) is 1. The number of rotatable bonds is 5. The second-order valence-corrected chi connectivity index (χ2v) is 3.60. The molecule has 0 aromatic rings. The number of hydrogen-bond donors (Lipinski definition) is 2. The van der Waals surface area contributed by atoms with Gasteiger partial charge in [0.2, 0.25) is 5.91 Å². The van der Waals surface area contributed by atoms with Crippen LogP contribution in [0.15, 0.2) is 0 Å². The molecule has 1 atom stereocenters. The zero-order valence-corrected chi connectivity index (χ0v) is 9.13. The van der Waals surface area contributed by atoms with E-state index in [1.54, 1.807) is 6.92 Å². The minimum Gasteiger partial charge on any atom is -0.351 e. The van der Waals surface area contributed by atoms with Gasteiger partial charge >= 0.3 is 0 Å². The molecule has 0 radical (unpaired) electrons. The van der Waals surface area contributed by atoms with Crippen molar-refractivity contribution in [1.29, 1.82) is 5.26 Å². The summed E-state index contributed by atoms with van der Waals surface area (Å²) < 4.78 is 0. The minimum absolute atomic E-state index is 0.131. The van der Waals surface area contributed by atoms with Crippen LogP contribution < -0.4 is 11.1 Å². The Kier molecular flexibility index (Phi) is 5.18. The Morgan fingerprint density at radius 3 is 2.43 bits per heavy atom. The van der Waals surface area contributed by atoms with Gasteiger partial charge in [-0.05, 0) is 19.8 Å². The number of hydrogen-bond acceptors (Lipinski definition) is 3. The molecule has 80 valence electrons. The van der Waals surface area contributed by atoms with E-state index in [-0.39, 0.29) is 11.9 Å². The van der Waals surface area contributed by atoms with Crippen LogP contribution in [-0.2, 0) is 4.79 Å². The lowest BCUT2D eigenvalue weighted by molar-refractivity contribution is -0.127. The van der Waals surface area contributed by atoms with Gasteiger partial charge in [-0.1, -0.05) is 13.8 Å². The van der Waals surface area contributed by atoms with Gasteiger partial charge in [0.1, 0.15) is 0 Å². The van der Waals surface area contributed by atoms with E-state index >= 15 is 0 Å². The van der Waals surface area contributed by atoms with Gasteiger partial charge in [-0.3, -0.25) is 4.79 Å². The fourth-order valence-electron chi connectivity index (χ4n) is 1.13. The molecule has 0 heterocycles. The molecule has 0 saturated carbocycles. The van der Waals surface area contributed by atoms with Crippen molar-refractivity contribution in [2.45, 2.75) is 51.6 Å². The molecule has 0 bridgehead atoms. The van der Waals surface area contributed by atoms with Crippen LogP contribution in [-0.4, -0.2) is 17.5 Å². The zero-order chi connectivity index (χ0) is 11.2. The van der Waals surface area contributed by atoms with Gasteiger partial charge in [-0.2, -0.15) is 5.26 Å². The fraction of sp³-hybridized carbons (Fsp3) is 0.800. The summed E-state index contributed by atoms with van der Waals surface area (Å²) in [5, 5.41) is 11.2. The second kappa shape index (κ2) is 5.61. The minimum atomic E-state index is -0.788. The van der Waals surface area contributed by atoms with Gasteiger partial charge in [-0.25, -0.2) is 0 Å². The van der Waals surface area contributed by atoms with Gasteiger partial charge in [-0.15, -0.1) is 0 Å². The van der Waals surface area contributed by atoms with Crippen molar-refractivity contribution in [3.63, 3.8) is 0 Å². The monoisotopic (exact) mass is 197 g/mol. The third kappa shape index (κ3) is 3.35. The van der Waals surface area contributed by atoms with Crippen LogP contribution >= 0.6 is 0 Å². The summed E-state index contributed by atoms with van der Waals surface area (Å²) in [5.74, 6) is -0.162. The first-order chi connectivity index (χ1) is 6.50. The fourth-order valence-corrected chi connectivity index (χ4v) is 1.13. The highest BCUT2D eigenvalue weighted by atomic mass is 16.2. The lowest BCUT2D eigenvalue weighted by Gasteiger charge is -2.26. The summed E-state index contributed by atoms with van der Waals surface area (Å²) in [4.78, 5) is 11.7. The molecule has 1 unspecified atom stereocenters. The van der Waals surface area contributed by atoms with Crippen LogP contribution in [0.1, 0.15) is 40.0 Å². The van der Waals surface area contributed by atoms with E-state index in [1.807, 2.05) is 19.9 Å². The predicted molar refractivity (Wildman–Crippen MR) is 55.3 cm³/mol. The Balaban J connectivity index is 4.26. The first-order valence-corrected chi connectivity index (χ1v) is 4.97. The molecule has 4 heteroatoms. The van der Waals surface area contributed by atoms with Crippen molar-refractivity contribution in [3.05, 3.63) is 0 Å². The van der Waals surface area contributed by atoms with Gasteiger partial charge in [0, 0.05) is 6.04 Å². The van der Waals surface area contributed by atoms with Gasteiger partial charge in [0.05, 0.1) is 18.0 Å². The molecule has 0 aromatic carbocycles. The van der Waals surface area contributed by atoms with Crippen molar-refractivity contribution in [2.75, 3.05) is 0 Å². The summed E-state index contributed by atoms with van der Waals surface area (Å²) >= 11 is 0. The van der Waals surface area contributed by atoms with Crippen LogP contribution in [0.5, 0.6) is 0 Å². The average Bonchev–Trinajstić information content (AvgIpc) is 2.16. The normalized spacial score (nSPS) is 13.1. The molecule has 4 nitrogen and oxygen atoms in total. The lowest BCUT2D eigenvalue weighted by atomic mass is 9.93. The van der Waals surface area contributed by atoms with Crippen molar-refractivity contribution >= 4 is 5.91 Å². The third-order valence-corrected chi connectivity index (χ3v) is 2.49. The highest BCUT2D eigenvalue weighted by molar-refractivity contribution is 5.86. The molecule has 0 aromatic heterocycles. The SMILES string of the molecule is CCC(N)(CC)C(=O)NC(C)CC#N. The molecule has 1 amide bonds. The van der Waals surface area contributed by atoms with Crippen LogP contribution in [0, 0.1) is 11.3 Å². The number of nitrogens with two attached hydrogens (primary N) is 1. The topological polar surface area (TPSA) is 78.9 Å². The van der Waals surface area contributed by atoms with E-state index in [0.717, 1.165) is 0 Å². The van der Waals surface area contributed by atoms with E-state index in [0.29, 0.717) is 19.3 Å². The van der Waals surface area contributed by atoms with Crippen molar-refractivity contribution in [1.82, 2.24) is 5.32 Å². The molecule has 0 fully saturated rings. The molecule has 0 aliphatic carbocycles. The van der Waals surface area contributed by atoms with Crippen molar-refractivity contribution < 1.29 is 4.79 Å². The molecular formula is C10H19N3O. The van der Waals surface area contributed by atoms with E-state index in [2.05, 4.69) is 5.32 Å². The van der Waals surface area contributed by atoms with Crippen LogP contribution in [0.2, 0.25) is 0 Å². The van der Waals surface area contributed by atoms with Gasteiger partial charge in [0.15, 0.2) is 0 Å². The Hall–Kier alpha value is -1.08. The first kappa shape index (κ1) is 12.9. The number of nitriles is 1. The highest BCUT2D eigenvalue weighted by Gasteiger charge is 2.30. The summed E-state index contributed by atoms with van der Waals surface area (Å²) in [5.41, 5.74) is 5.10. The third-order valence-electron chi connectivity index (χ3n) is 2.49. The summed E-state index contributed by atoms with van der Waals surface area (Å²) in [6.45, 7) is 5.57. The van der Waals surface area contributed by atoms with E-state index in [4.69, 9.17) is 11.0 Å². The number of carbonyl (C=O) groups excluding carboxylic acids is 1. The standard InChI is InChI=1S/C10H19N3O/c1-4-10(12,5-2)9(14)13-8(3)6-7-11/h8H,4-6,12H2,1-3H3,(H,13,14). The summed E-state index contributed by atoms with van der Waals surface area (Å²) in [7, 11) is 0. The predicted octanol–water partition coefficient (Wildman–Crippen LogP) is 0.922. The smallest absolute Gasteiger partial charge is 0.240 e. The number of carbonyl (C=O) groups is 1. The summed E-state index contributed by atoms with van der Waals surface area (Å²) in [6.07, 6.45) is 1.53. The molecule has 0 aliphatic heterocycles. The molecular weight excluding hydrogens is 178 g/mol.